The van der Waals surface area contributed by atoms with Gasteiger partial charge in [-0.1, -0.05) is 23.7 Å². The molecule has 0 aliphatic carbocycles. The molecule has 0 amide bonds. The van der Waals surface area contributed by atoms with Crippen LogP contribution in [0, 0.1) is 0 Å². The van der Waals surface area contributed by atoms with E-state index >= 15 is 0 Å². The number of halogens is 1. The van der Waals surface area contributed by atoms with Crippen LogP contribution in [0.3, 0.4) is 0 Å². The molecule has 11 heteroatoms. The van der Waals surface area contributed by atoms with Crippen molar-refractivity contribution in [1.82, 2.24) is 19.5 Å². The number of aliphatic hydroxyl groups excluding tert-OH is 3. The Hall–Kier alpha value is -2.50. The molecule has 2 aromatic heterocycles. The van der Waals surface area contributed by atoms with Gasteiger partial charge in [0.2, 0.25) is 0 Å². The number of rotatable bonds is 6. The molecule has 3 heterocycles. The van der Waals surface area contributed by atoms with Crippen molar-refractivity contribution in [2.45, 2.75) is 31.0 Å². The van der Waals surface area contributed by atoms with Gasteiger partial charge in [-0.25, -0.2) is 4.98 Å². The van der Waals surface area contributed by atoms with Crippen molar-refractivity contribution in [1.29, 1.82) is 0 Å². The van der Waals surface area contributed by atoms with Gasteiger partial charge < -0.3 is 30.5 Å². The number of aliphatic hydroxyl groups is 3. The Morgan fingerprint density at radius 2 is 1.93 bits per heavy atom. The number of nitrogens with two attached hydrogens (primary N) is 1. The molecule has 0 bridgehead atoms. The maximum absolute atomic E-state index is 10.3. The van der Waals surface area contributed by atoms with Crippen LogP contribution in [-0.2, 0) is 11.2 Å². The molecule has 0 radical (unpaired) electrons. The predicted octanol–water partition coefficient (Wildman–Crippen LogP) is 0.295. The normalized spacial score (nSPS) is 24.3. The lowest BCUT2D eigenvalue weighted by molar-refractivity contribution is -0.0511. The van der Waals surface area contributed by atoms with Crippen molar-refractivity contribution in [2.24, 2.45) is 0 Å². The van der Waals surface area contributed by atoms with Crippen LogP contribution in [0.15, 0.2) is 30.6 Å². The summed E-state index contributed by atoms with van der Waals surface area (Å²) < 4.78 is 12.6. The van der Waals surface area contributed by atoms with Crippen molar-refractivity contribution in [2.75, 3.05) is 18.9 Å². The molecule has 10 nitrogen and oxygen atoms in total. The molecule has 1 saturated heterocycles. The van der Waals surface area contributed by atoms with Crippen molar-refractivity contribution >= 4 is 28.6 Å². The standard InChI is InChI=1S/C18H20ClN5O5/c19-10-3-1-9(2-4-10)5-6-28-18-22-15(20)12-16(23-18)24(8-21-12)17-14(27)13(26)11(7-25)29-17/h1-4,8,11,13-14,17,25-27H,5-7H2,(H2,20,22,23)/t11-,13?,14+,17-/m1/s1. The fraction of sp³-hybridized carbons (Fsp3) is 0.389. The largest absolute Gasteiger partial charge is 0.463 e. The SMILES string of the molecule is Nc1nc(OCCc2ccc(Cl)cc2)nc2c1ncn2[C@@H]1O[C@H](CO)C(O)[C@@H]1O. The summed E-state index contributed by atoms with van der Waals surface area (Å²) in [7, 11) is 0. The highest BCUT2D eigenvalue weighted by Gasteiger charge is 2.44. The summed E-state index contributed by atoms with van der Waals surface area (Å²) in [6.07, 6.45) is -2.41. The Morgan fingerprint density at radius 1 is 1.17 bits per heavy atom. The summed E-state index contributed by atoms with van der Waals surface area (Å²) in [4.78, 5) is 12.6. The van der Waals surface area contributed by atoms with Gasteiger partial charge in [0, 0.05) is 11.4 Å². The fourth-order valence-corrected chi connectivity index (χ4v) is 3.32. The van der Waals surface area contributed by atoms with Crippen LogP contribution in [0.25, 0.3) is 11.2 Å². The zero-order valence-electron chi connectivity index (χ0n) is 15.2. The number of imidazole rings is 1. The van der Waals surface area contributed by atoms with Gasteiger partial charge in [0.05, 0.1) is 19.5 Å². The second kappa shape index (κ2) is 8.09. The zero-order valence-corrected chi connectivity index (χ0v) is 16.0. The summed E-state index contributed by atoms with van der Waals surface area (Å²) in [6, 6.07) is 7.47. The minimum Gasteiger partial charge on any atom is -0.463 e. The first kappa shape index (κ1) is 19.8. The third-order valence-corrected chi connectivity index (χ3v) is 5.01. The van der Waals surface area contributed by atoms with Crippen LogP contribution in [-0.4, -0.2) is 66.4 Å². The Bertz CT molecular complexity index is 998. The monoisotopic (exact) mass is 421 g/mol. The highest BCUT2D eigenvalue weighted by atomic mass is 35.5. The predicted molar refractivity (Wildman–Crippen MR) is 103 cm³/mol. The number of hydrogen-bond acceptors (Lipinski definition) is 9. The van der Waals surface area contributed by atoms with E-state index in [1.807, 2.05) is 12.1 Å². The van der Waals surface area contributed by atoms with Crippen LogP contribution < -0.4 is 10.5 Å². The van der Waals surface area contributed by atoms with Crippen molar-refractivity contribution in [3.8, 4) is 6.01 Å². The molecule has 4 rings (SSSR count). The Morgan fingerprint density at radius 3 is 2.62 bits per heavy atom. The lowest BCUT2D eigenvalue weighted by Crippen LogP contribution is -2.33. The van der Waals surface area contributed by atoms with E-state index in [2.05, 4.69) is 15.0 Å². The maximum atomic E-state index is 10.3. The molecule has 4 atom stereocenters. The number of nitrogens with zero attached hydrogens (tertiary/aromatic N) is 4. The lowest BCUT2D eigenvalue weighted by atomic mass is 10.1. The average molecular weight is 422 g/mol. The van der Waals surface area contributed by atoms with Crippen LogP contribution in [0.5, 0.6) is 6.01 Å². The average Bonchev–Trinajstić information content (AvgIpc) is 3.25. The smallest absolute Gasteiger partial charge is 0.320 e. The molecular formula is C18H20ClN5O5. The van der Waals surface area contributed by atoms with Gasteiger partial charge in [-0.2, -0.15) is 9.97 Å². The van der Waals surface area contributed by atoms with E-state index in [1.165, 1.54) is 10.9 Å². The lowest BCUT2D eigenvalue weighted by Gasteiger charge is -2.16. The number of hydrogen-bond donors (Lipinski definition) is 4. The first-order valence-electron chi connectivity index (χ1n) is 8.97. The van der Waals surface area contributed by atoms with E-state index in [0.717, 1.165) is 5.56 Å². The number of ether oxygens (including phenoxy) is 2. The minimum absolute atomic E-state index is 0.0532. The van der Waals surface area contributed by atoms with E-state index in [4.69, 9.17) is 26.8 Å². The Kier molecular flexibility index (Phi) is 5.52. The number of nitrogen functional groups attached to an aromatic ring is 1. The van der Waals surface area contributed by atoms with Crippen LogP contribution in [0.2, 0.25) is 5.02 Å². The topological polar surface area (TPSA) is 149 Å². The molecule has 154 valence electrons. The molecular weight excluding hydrogens is 402 g/mol. The van der Waals surface area contributed by atoms with Gasteiger partial charge in [-0.05, 0) is 17.7 Å². The van der Waals surface area contributed by atoms with Gasteiger partial charge in [0.25, 0.3) is 0 Å². The van der Waals surface area contributed by atoms with Crippen LogP contribution in [0.1, 0.15) is 11.8 Å². The first-order valence-corrected chi connectivity index (χ1v) is 9.35. The van der Waals surface area contributed by atoms with Gasteiger partial charge in [-0.15, -0.1) is 0 Å². The first-order chi connectivity index (χ1) is 14.0. The molecule has 29 heavy (non-hydrogen) atoms. The number of benzene rings is 1. The molecule has 3 aromatic rings. The van der Waals surface area contributed by atoms with Gasteiger partial charge >= 0.3 is 6.01 Å². The van der Waals surface area contributed by atoms with E-state index < -0.39 is 31.1 Å². The second-order valence-electron chi connectivity index (χ2n) is 6.67. The molecule has 1 aliphatic heterocycles. The molecule has 1 fully saturated rings. The number of fused-ring (bicyclic) bond motifs is 1. The van der Waals surface area contributed by atoms with E-state index in [0.29, 0.717) is 23.6 Å². The van der Waals surface area contributed by atoms with Crippen molar-refractivity contribution in [3.63, 3.8) is 0 Å². The number of aromatic nitrogens is 4. The fourth-order valence-electron chi connectivity index (χ4n) is 3.19. The maximum Gasteiger partial charge on any atom is 0.320 e. The highest BCUT2D eigenvalue weighted by Crippen LogP contribution is 2.32. The van der Waals surface area contributed by atoms with Gasteiger partial charge in [-0.3, -0.25) is 4.57 Å². The molecule has 0 saturated carbocycles. The van der Waals surface area contributed by atoms with Crippen molar-refractivity contribution in [3.05, 3.63) is 41.2 Å². The summed E-state index contributed by atoms with van der Waals surface area (Å²) in [6.45, 7) is -0.119. The highest BCUT2D eigenvalue weighted by molar-refractivity contribution is 6.30. The third kappa shape index (κ3) is 3.85. The molecule has 1 aromatic carbocycles. The molecule has 5 N–H and O–H groups in total. The second-order valence-corrected chi connectivity index (χ2v) is 7.11. The summed E-state index contributed by atoms with van der Waals surface area (Å²) in [5.41, 5.74) is 7.61. The summed E-state index contributed by atoms with van der Waals surface area (Å²) in [5, 5.41) is 30.2. The van der Waals surface area contributed by atoms with Gasteiger partial charge in [0.15, 0.2) is 23.2 Å². The summed E-state index contributed by atoms with van der Waals surface area (Å²) >= 11 is 5.88. The van der Waals surface area contributed by atoms with E-state index in [9.17, 15) is 15.3 Å². The van der Waals surface area contributed by atoms with E-state index in [1.54, 1.807) is 12.1 Å². The molecule has 0 spiro atoms. The number of anilines is 1. The Balaban J connectivity index is 1.54. The third-order valence-electron chi connectivity index (χ3n) is 4.75. The van der Waals surface area contributed by atoms with Gasteiger partial charge in [0.1, 0.15) is 18.3 Å². The quantitative estimate of drug-likeness (QED) is 0.440. The molecule has 1 aliphatic rings. The zero-order chi connectivity index (χ0) is 20.5. The van der Waals surface area contributed by atoms with E-state index in [-0.39, 0.29) is 17.5 Å². The molecule has 1 unspecified atom stereocenters. The summed E-state index contributed by atoms with van der Waals surface area (Å²) in [5.74, 6) is 0.113. The van der Waals surface area contributed by atoms with Crippen LogP contribution >= 0.6 is 11.6 Å². The van der Waals surface area contributed by atoms with Crippen molar-refractivity contribution < 1.29 is 24.8 Å². The van der Waals surface area contributed by atoms with Crippen LogP contribution in [0.4, 0.5) is 5.82 Å². The Labute approximate surface area is 170 Å². The minimum atomic E-state index is -1.27.